The first kappa shape index (κ1) is 11.5. The first-order valence-corrected chi connectivity index (χ1v) is 6.36. The summed E-state index contributed by atoms with van der Waals surface area (Å²) in [5.41, 5.74) is 0.983. The van der Waals surface area contributed by atoms with Crippen LogP contribution < -0.4 is 5.32 Å². The van der Waals surface area contributed by atoms with Crippen LogP contribution in [-0.2, 0) is 4.79 Å². The highest BCUT2D eigenvalue weighted by molar-refractivity contribution is 7.09. The Morgan fingerprint density at radius 3 is 2.81 bits per heavy atom. The topological polar surface area (TPSA) is 62.2 Å². The first-order chi connectivity index (χ1) is 7.58. The van der Waals surface area contributed by atoms with Crippen molar-refractivity contribution in [2.45, 2.75) is 38.8 Å². The number of aliphatic hydroxyl groups is 1. The number of aromatic nitrogens is 1. The number of nitrogens with one attached hydrogen (secondary N) is 1. The van der Waals surface area contributed by atoms with Gasteiger partial charge in [-0.25, -0.2) is 4.98 Å². The van der Waals surface area contributed by atoms with Gasteiger partial charge in [-0.2, -0.15) is 0 Å². The Kier molecular flexibility index (Phi) is 3.25. The molecule has 0 aromatic carbocycles. The smallest absolute Gasteiger partial charge is 0.249 e. The number of hydrogen-bond donors (Lipinski definition) is 2. The zero-order valence-corrected chi connectivity index (χ0v) is 10.3. The largest absolute Gasteiger partial charge is 0.384 e. The van der Waals surface area contributed by atoms with Gasteiger partial charge >= 0.3 is 0 Å². The first-order valence-electron chi connectivity index (χ1n) is 5.48. The molecule has 2 atom stereocenters. The molecule has 1 aliphatic rings. The summed E-state index contributed by atoms with van der Waals surface area (Å²) in [6.45, 7) is 3.42. The minimum Gasteiger partial charge on any atom is -0.384 e. The van der Waals surface area contributed by atoms with Gasteiger partial charge in [-0.15, -0.1) is 11.3 Å². The van der Waals surface area contributed by atoms with Crippen molar-refractivity contribution < 1.29 is 9.90 Å². The third-order valence-corrected chi connectivity index (χ3v) is 3.72. The highest BCUT2D eigenvalue weighted by Crippen LogP contribution is 2.41. The number of rotatable bonds is 4. The summed E-state index contributed by atoms with van der Waals surface area (Å²) in [4.78, 5) is 15.9. The third-order valence-electron chi connectivity index (χ3n) is 2.67. The van der Waals surface area contributed by atoms with E-state index in [0.717, 1.165) is 23.5 Å². The van der Waals surface area contributed by atoms with Crippen molar-refractivity contribution in [3.8, 4) is 0 Å². The molecule has 0 saturated heterocycles. The molecule has 5 heteroatoms. The molecule has 1 heterocycles. The van der Waals surface area contributed by atoms with Crippen molar-refractivity contribution >= 4 is 17.2 Å². The number of hydrogen-bond acceptors (Lipinski definition) is 4. The van der Waals surface area contributed by atoms with Crippen LogP contribution in [0.15, 0.2) is 5.38 Å². The van der Waals surface area contributed by atoms with Crippen LogP contribution in [0, 0.1) is 12.8 Å². The fraction of sp³-hybridized carbons (Fsp3) is 0.636. The fourth-order valence-electron chi connectivity index (χ4n) is 1.60. The second-order valence-corrected chi connectivity index (χ2v) is 5.22. The van der Waals surface area contributed by atoms with E-state index in [4.69, 9.17) is 0 Å². The molecule has 0 radical (unpaired) electrons. The van der Waals surface area contributed by atoms with Crippen molar-refractivity contribution in [3.63, 3.8) is 0 Å². The molecule has 2 rings (SSSR count). The monoisotopic (exact) mass is 240 g/mol. The average Bonchev–Trinajstić information content (AvgIpc) is 2.97. The van der Waals surface area contributed by atoms with Crippen LogP contribution in [-0.4, -0.2) is 22.1 Å². The third kappa shape index (κ3) is 2.59. The molecule has 1 fully saturated rings. The van der Waals surface area contributed by atoms with E-state index in [1.54, 1.807) is 11.3 Å². The molecule has 1 amide bonds. The Bertz CT molecular complexity index is 385. The molecule has 1 aliphatic carbocycles. The summed E-state index contributed by atoms with van der Waals surface area (Å²) in [6, 6.07) is -0.0131. The van der Waals surface area contributed by atoms with Crippen LogP contribution in [0.3, 0.4) is 0 Å². The van der Waals surface area contributed by atoms with Gasteiger partial charge in [-0.05, 0) is 32.6 Å². The summed E-state index contributed by atoms with van der Waals surface area (Å²) in [5, 5.41) is 15.0. The Labute approximate surface area is 98.7 Å². The Morgan fingerprint density at radius 2 is 2.38 bits per heavy atom. The fourth-order valence-corrected chi connectivity index (χ4v) is 2.54. The Hall–Kier alpha value is -0.940. The lowest BCUT2D eigenvalue weighted by molar-refractivity contribution is -0.129. The molecule has 4 nitrogen and oxygen atoms in total. The number of carbonyl (C=O) groups excluding carboxylic acids is 1. The van der Waals surface area contributed by atoms with E-state index in [1.807, 2.05) is 12.3 Å². The van der Waals surface area contributed by atoms with Gasteiger partial charge in [0, 0.05) is 11.1 Å². The molecule has 0 aliphatic heterocycles. The summed E-state index contributed by atoms with van der Waals surface area (Å²) >= 11 is 1.57. The van der Waals surface area contributed by atoms with Gasteiger partial charge in [0.25, 0.3) is 0 Å². The van der Waals surface area contributed by atoms with Crippen LogP contribution in [0.2, 0.25) is 0 Å². The highest BCUT2D eigenvalue weighted by Gasteiger charge is 2.35. The van der Waals surface area contributed by atoms with E-state index >= 15 is 0 Å². The Morgan fingerprint density at radius 1 is 1.69 bits per heavy atom. The van der Waals surface area contributed by atoms with Crippen LogP contribution in [0.4, 0.5) is 0 Å². The summed E-state index contributed by atoms with van der Waals surface area (Å²) in [7, 11) is 0. The minimum absolute atomic E-state index is 0.0131. The molecule has 2 N–H and O–H groups in total. The number of aliphatic hydroxyl groups excluding tert-OH is 1. The normalized spacial score (nSPS) is 19.2. The molecule has 0 bridgehead atoms. The molecular formula is C11H16N2O2S. The molecule has 16 heavy (non-hydrogen) atoms. The maximum Gasteiger partial charge on any atom is 0.249 e. The predicted octanol–water partition coefficient (Wildman–Crippen LogP) is 1.40. The van der Waals surface area contributed by atoms with E-state index < -0.39 is 6.10 Å². The second kappa shape index (κ2) is 4.51. The van der Waals surface area contributed by atoms with Crippen molar-refractivity contribution in [1.82, 2.24) is 10.3 Å². The lowest BCUT2D eigenvalue weighted by Gasteiger charge is -2.16. The standard InChI is InChI=1S/C11H16N2O2S/c1-6-5-16-11(12-6)9(8-3-4-8)13-10(15)7(2)14/h5,7-9,14H,3-4H2,1-2H3,(H,13,15). The quantitative estimate of drug-likeness (QED) is 0.836. The molecule has 88 valence electrons. The molecule has 1 aromatic heterocycles. The van der Waals surface area contributed by atoms with Crippen LogP contribution in [0.1, 0.15) is 36.5 Å². The summed E-state index contributed by atoms with van der Waals surface area (Å²) in [5.74, 6) is 0.179. The van der Waals surface area contributed by atoms with Crippen molar-refractivity contribution in [2.75, 3.05) is 0 Å². The summed E-state index contributed by atoms with van der Waals surface area (Å²) < 4.78 is 0. The highest BCUT2D eigenvalue weighted by atomic mass is 32.1. The van der Waals surface area contributed by atoms with Gasteiger partial charge in [0.2, 0.25) is 5.91 Å². The second-order valence-electron chi connectivity index (χ2n) is 4.33. The zero-order chi connectivity index (χ0) is 11.7. The molecule has 0 spiro atoms. The van der Waals surface area contributed by atoms with E-state index in [1.165, 1.54) is 6.92 Å². The number of carbonyl (C=O) groups is 1. The zero-order valence-electron chi connectivity index (χ0n) is 9.43. The maximum absolute atomic E-state index is 11.5. The van der Waals surface area contributed by atoms with Gasteiger partial charge in [-0.3, -0.25) is 4.79 Å². The number of thiazole rings is 1. The lowest BCUT2D eigenvalue weighted by Crippen LogP contribution is -2.36. The predicted molar refractivity (Wildman–Crippen MR) is 62.1 cm³/mol. The van der Waals surface area contributed by atoms with Crippen LogP contribution >= 0.6 is 11.3 Å². The van der Waals surface area contributed by atoms with Crippen molar-refractivity contribution in [3.05, 3.63) is 16.1 Å². The minimum atomic E-state index is -0.956. The van der Waals surface area contributed by atoms with E-state index in [0.29, 0.717) is 5.92 Å². The van der Waals surface area contributed by atoms with Gasteiger partial charge in [0.15, 0.2) is 0 Å². The van der Waals surface area contributed by atoms with Gasteiger partial charge in [0.1, 0.15) is 11.1 Å². The van der Waals surface area contributed by atoms with E-state index in [9.17, 15) is 9.90 Å². The lowest BCUT2D eigenvalue weighted by atomic mass is 10.2. The SMILES string of the molecule is Cc1csc(C(NC(=O)C(C)O)C2CC2)n1. The van der Waals surface area contributed by atoms with E-state index in [-0.39, 0.29) is 11.9 Å². The summed E-state index contributed by atoms with van der Waals surface area (Å²) in [6.07, 6.45) is 1.30. The Balaban J connectivity index is 2.09. The maximum atomic E-state index is 11.5. The van der Waals surface area contributed by atoms with Crippen LogP contribution in [0.25, 0.3) is 0 Å². The molecule has 1 saturated carbocycles. The number of aryl methyl sites for hydroxylation is 1. The molecule has 1 aromatic rings. The number of nitrogens with zero attached hydrogens (tertiary/aromatic N) is 1. The van der Waals surface area contributed by atoms with Crippen molar-refractivity contribution in [2.24, 2.45) is 5.92 Å². The van der Waals surface area contributed by atoms with Gasteiger partial charge < -0.3 is 10.4 Å². The average molecular weight is 240 g/mol. The van der Waals surface area contributed by atoms with Gasteiger partial charge in [0.05, 0.1) is 6.04 Å². The van der Waals surface area contributed by atoms with Crippen LogP contribution in [0.5, 0.6) is 0 Å². The molecule has 2 unspecified atom stereocenters. The van der Waals surface area contributed by atoms with Crippen molar-refractivity contribution in [1.29, 1.82) is 0 Å². The van der Waals surface area contributed by atoms with E-state index in [2.05, 4.69) is 10.3 Å². The number of amides is 1. The molecular weight excluding hydrogens is 224 g/mol. The van der Waals surface area contributed by atoms with Gasteiger partial charge in [-0.1, -0.05) is 0 Å².